The van der Waals surface area contributed by atoms with Crippen LogP contribution >= 0.6 is 7.60 Å². The molecule has 0 aliphatic heterocycles. The van der Waals surface area contributed by atoms with Gasteiger partial charge in [-0.1, -0.05) is 0 Å². The van der Waals surface area contributed by atoms with Crippen molar-refractivity contribution in [2.75, 3.05) is 27.7 Å². The summed E-state index contributed by atoms with van der Waals surface area (Å²) in [6, 6.07) is 0.770. The molecule has 1 fully saturated rings. The maximum Gasteiger partial charge on any atom is 0.353 e. The highest BCUT2D eigenvalue weighted by molar-refractivity contribution is 7.52. The van der Waals surface area contributed by atoms with Crippen LogP contribution in [0.15, 0.2) is 21.9 Å². The highest BCUT2D eigenvalue weighted by atomic mass is 31.2. The van der Waals surface area contributed by atoms with Gasteiger partial charge in [0, 0.05) is 33.6 Å². The molecule has 24 heavy (non-hydrogen) atoms. The lowest BCUT2D eigenvalue weighted by Gasteiger charge is -2.25. The number of hydrogen-bond donors (Lipinski definition) is 2. The summed E-state index contributed by atoms with van der Waals surface area (Å²) in [5.41, 5.74) is -1.07. The zero-order valence-corrected chi connectivity index (χ0v) is 14.5. The van der Waals surface area contributed by atoms with Gasteiger partial charge in [0.1, 0.15) is 18.6 Å². The molecular formula is C13H21N2O8P. The monoisotopic (exact) mass is 364 g/mol. The zero-order valence-electron chi connectivity index (χ0n) is 13.6. The summed E-state index contributed by atoms with van der Waals surface area (Å²) in [5.74, 6) is 0. The summed E-state index contributed by atoms with van der Waals surface area (Å²) in [5, 5.41) is 0. The smallest absolute Gasteiger partial charge is 0.353 e. The number of methoxy groups -OCH3 is 2. The molecule has 1 aliphatic rings. The topological polar surface area (TPSA) is 129 Å². The van der Waals surface area contributed by atoms with Crippen molar-refractivity contribution < 1.29 is 28.2 Å². The van der Waals surface area contributed by atoms with Crippen LogP contribution in [0, 0.1) is 0 Å². The Morgan fingerprint density at radius 2 is 1.96 bits per heavy atom. The molecule has 136 valence electrons. The highest BCUT2D eigenvalue weighted by Crippen LogP contribution is 2.43. The van der Waals surface area contributed by atoms with Crippen LogP contribution in [0.5, 0.6) is 0 Å². The fourth-order valence-corrected chi connectivity index (χ4v) is 3.36. The number of nitrogens with zero attached hydrogens (tertiary/aromatic N) is 1. The van der Waals surface area contributed by atoms with E-state index in [2.05, 4.69) is 9.51 Å². The molecule has 0 bridgehead atoms. The molecule has 1 aromatic heterocycles. The Kier molecular flexibility index (Phi) is 6.13. The second-order valence-corrected chi connectivity index (χ2v) is 7.27. The maximum absolute atomic E-state index is 12.0. The number of rotatable bonds is 7. The molecule has 1 saturated carbocycles. The van der Waals surface area contributed by atoms with Crippen molar-refractivity contribution in [1.29, 1.82) is 0 Å². The Morgan fingerprint density at radius 1 is 1.29 bits per heavy atom. The molecule has 0 saturated heterocycles. The minimum Gasteiger partial charge on any atom is -0.376 e. The van der Waals surface area contributed by atoms with Gasteiger partial charge in [-0.15, -0.1) is 0 Å². The standard InChI is InChI=1S/C13H21N2O8P/c1-20-11-8(15-5-4-10(16)14-13(15)17)6-9(12(11)21-2)23-7-24(18,19)22-3/h4-5,8-9,11-12H,6-7H2,1-3H3,(H,18,19)(H,14,16,17). The van der Waals surface area contributed by atoms with Gasteiger partial charge in [0.05, 0.1) is 12.1 Å². The molecule has 1 aliphatic carbocycles. The lowest BCUT2D eigenvalue weighted by atomic mass is 10.2. The van der Waals surface area contributed by atoms with E-state index in [1.807, 2.05) is 0 Å². The lowest BCUT2D eigenvalue weighted by molar-refractivity contribution is -0.0824. The van der Waals surface area contributed by atoms with Crippen LogP contribution in [-0.2, 0) is 23.3 Å². The third-order valence-electron chi connectivity index (χ3n) is 4.03. The largest absolute Gasteiger partial charge is 0.376 e. The summed E-state index contributed by atoms with van der Waals surface area (Å²) in [6.07, 6.45) is -0.511. The number of H-pyrrole nitrogens is 1. The average Bonchev–Trinajstić information content (AvgIpc) is 2.90. The normalized spacial score (nSPS) is 29.5. The molecule has 0 amide bonds. The van der Waals surface area contributed by atoms with Crippen molar-refractivity contribution in [3.63, 3.8) is 0 Å². The Balaban J connectivity index is 2.25. The molecule has 11 heteroatoms. The third-order valence-corrected chi connectivity index (χ3v) is 5.08. The second kappa shape index (κ2) is 7.73. The first-order chi connectivity index (χ1) is 11.3. The number of nitrogens with one attached hydrogen (secondary N) is 1. The molecule has 1 aromatic rings. The minimum atomic E-state index is -3.83. The fraction of sp³-hybridized carbons (Fsp3) is 0.692. The van der Waals surface area contributed by atoms with Gasteiger partial charge in [0.25, 0.3) is 5.56 Å². The summed E-state index contributed by atoms with van der Waals surface area (Å²) in [6.45, 7) is 0. The van der Waals surface area contributed by atoms with Gasteiger partial charge in [-0.2, -0.15) is 0 Å². The van der Waals surface area contributed by atoms with Gasteiger partial charge in [-0.25, -0.2) is 4.79 Å². The van der Waals surface area contributed by atoms with Crippen LogP contribution in [0.4, 0.5) is 0 Å². The summed E-state index contributed by atoms with van der Waals surface area (Å²) < 4.78 is 33.7. The fourth-order valence-electron chi connectivity index (χ4n) is 2.88. The highest BCUT2D eigenvalue weighted by Gasteiger charge is 2.46. The van der Waals surface area contributed by atoms with Crippen molar-refractivity contribution >= 4 is 7.60 Å². The van der Waals surface area contributed by atoms with E-state index in [4.69, 9.17) is 14.2 Å². The van der Waals surface area contributed by atoms with Gasteiger partial charge >= 0.3 is 13.3 Å². The predicted molar refractivity (Wildman–Crippen MR) is 83.1 cm³/mol. The predicted octanol–water partition coefficient (Wildman–Crippen LogP) is -0.314. The Morgan fingerprint density at radius 3 is 2.50 bits per heavy atom. The third kappa shape index (κ3) is 4.02. The molecule has 5 unspecified atom stereocenters. The van der Waals surface area contributed by atoms with Crippen LogP contribution in [0.3, 0.4) is 0 Å². The van der Waals surface area contributed by atoms with Crippen LogP contribution < -0.4 is 11.2 Å². The van der Waals surface area contributed by atoms with Crippen LogP contribution in [-0.4, -0.2) is 60.4 Å². The van der Waals surface area contributed by atoms with Crippen LogP contribution in [0.25, 0.3) is 0 Å². The molecule has 0 radical (unpaired) electrons. The van der Waals surface area contributed by atoms with Crippen molar-refractivity contribution in [2.24, 2.45) is 0 Å². The van der Waals surface area contributed by atoms with Crippen molar-refractivity contribution in [1.82, 2.24) is 9.55 Å². The first kappa shape index (κ1) is 19.0. The number of hydrogen-bond acceptors (Lipinski definition) is 7. The summed E-state index contributed by atoms with van der Waals surface area (Å²) in [4.78, 5) is 34.9. The average molecular weight is 364 g/mol. The van der Waals surface area contributed by atoms with Crippen molar-refractivity contribution in [3.8, 4) is 0 Å². The number of aromatic amines is 1. The molecule has 0 spiro atoms. The molecule has 5 atom stereocenters. The summed E-state index contributed by atoms with van der Waals surface area (Å²) in [7, 11) is 0.210. The van der Waals surface area contributed by atoms with Gasteiger partial charge in [-0.3, -0.25) is 18.9 Å². The van der Waals surface area contributed by atoms with Gasteiger partial charge < -0.3 is 23.6 Å². The van der Waals surface area contributed by atoms with E-state index in [9.17, 15) is 19.0 Å². The number of ether oxygens (including phenoxy) is 3. The Labute approximate surface area is 137 Å². The molecule has 2 N–H and O–H groups in total. The molecular weight excluding hydrogens is 343 g/mol. The van der Waals surface area contributed by atoms with E-state index in [1.165, 1.54) is 31.0 Å². The van der Waals surface area contributed by atoms with E-state index in [0.29, 0.717) is 6.42 Å². The quantitative estimate of drug-likeness (QED) is 0.630. The zero-order chi connectivity index (χ0) is 17.9. The van der Waals surface area contributed by atoms with Gasteiger partial charge in [0.2, 0.25) is 0 Å². The summed E-state index contributed by atoms with van der Waals surface area (Å²) >= 11 is 0. The van der Waals surface area contributed by atoms with E-state index in [0.717, 1.165) is 7.11 Å². The Bertz CT molecular complexity index is 716. The number of aromatic nitrogens is 2. The first-order valence-corrected chi connectivity index (χ1v) is 8.95. The first-order valence-electron chi connectivity index (χ1n) is 7.19. The minimum absolute atomic E-state index is 0.298. The van der Waals surface area contributed by atoms with Crippen molar-refractivity contribution in [2.45, 2.75) is 30.8 Å². The van der Waals surface area contributed by atoms with Gasteiger partial charge in [0.15, 0.2) is 0 Å². The molecule has 0 aromatic carbocycles. The Hall–Kier alpha value is -1.29. The van der Waals surface area contributed by atoms with E-state index in [-0.39, 0.29) is 0 Å². The van der Waals surface area contributed by atoms with Gasteiger partial charge in [-0.05, 0) is 6.42 Å². The molecule has 1 heterocycles. The molecule has 10 nitrogen and oxygen atoms in total. The molecule has 2 rings (SSSR count). The van der Waals surface area contributed by atoms with Crippen LogP contribution in [0.2, 0.25) is 0 Å². The van der Waals surface area contributed by atoms with Crippen LogP contribution in [0.1, 0.15) is 12.5 Å². The van der Waals surface area contributed by atoms with Crippen molar-refractivity contribution in [3.05, 3.63) is 33.1 Å². The maximum atomic E-state index is 12.0. The van der Waals surface area contributed by atoms with E-state index < -0.39 is 49.5 Å². The van der Waals surface area contributed by atoms with E-state index >= 15 is 0 Å². The lowest BCUT2D eigenvalue weighted by Crippen LogP contribution is -2.39. The van der Waals surface area contributed by atoms with E-state index in [1.54, 1.807) is 0 Å². The SMILES string of the molecule is COC1C(OCP(=O)(O)OC)CC(n2ccc(=O)[nH]c2=O)C1OC. The second-order valence-electron chi connectivity index (χ2n) is 5.38.